The van der Waals surface area contributed by atoms with Crippen LogP contribution in [0.1, 0.15) is 21.9 Å². The van der Waals surface area contributed by atoms with Gasteiger partial charge in [0.25, 0.3) is 5.91 Å². The van der Waals surface area contributed by atoms with Gasteiger partial charge in [0.05, 0.1) is 5.56 Å². The fraction of sp³-hybridized carbons (Fsp3) is 0.231. The topological polar surface area (TPSA) is 86.4 Å². The van der Waals surface area contributed by atoms with E-state index in [-0.39, 0.29) is 5.56 Å². The summed E-state index contributed by atoms with van der Waals surface area (Å²) >= 11 is 1.27. The summed E-state index contributed by atoms with van der Waals surface area (Å²) in [6.45, 7) is 3.59. The molecular weight excluding hydrogens is 266 g/mol. The van der Waals surface area contributed by atoms with Gasteiger partial charge in [-0.15, -0.1) is 11.8 Å². The van der Waals surface area contributed by atoms with Gasteiger partial charge in [0, 0.05) is 4.90 Å². The largest absolute Gasteiger partial charge is 0.466 e. The molecule has 2 N–H and O–H groups in total. The van der Waals surface area contributed by atoms with Crippen molar-refractivity contribution in [2.75, 3.05) is 6.26 Å². The number of hydrogen-bond donors (Lipinski definition) is 1. The maximum absolute atomic E-state index is 11.8. The fourth-order valence-electron chi connectivity index (χ4n) is 1.86. The molecule has 6 heteroatoms. The van der Waals surface area contributed by atoms with Gasteiger partial charge in [0.2, 0.25) is 0 Å². The Balaban J connectivity index is 2.68. The van der Waals surface area contributed by atoms with E-state index in [0.29, 0.717) is 22.0 Å². The van der Waals surface area contributed by atoms with Crippen molar-refractivity contribution in [2.45, 2.75) is 18.7 Å². The van der Waals surface area contributed by atoms with Gasteiger partial charge in [0.1, 0.15) is 22.8 Å². The Kier molecular flexibility index (Phi) is 3.53. The fourth-order valence-corrected chi connectivity index (χ4v) is 2.48. The van der Waals surface area contributed by atoms with Crippen LogP contribution in [0.15, 0.2) is 30.7 Å². The van der Waals surface area contributed by atoms with E-state index in [2.05, 4.69) is 0 Å². The molecule has 2 aromatic heterocycles. The number of amides is 1. The molecule has 0 aliphatic rings. The van der Waals surface area contributed by atoms with E-state index in [9.17, 15) is 9.59 Å². The van der Waals surface area contributed by atoms with E-state index in [1.54, 1.807) is 25.3 Å². The number of aryl methyl sites for hydroxylation is 2. The van der Waals surface area contributed by atoms with E-state index in [4.69, 9.17) is 14.6 Å². The zero-order chi connectivity index (χ0) is 14.2. The zero-order valence-corrected chi connectivity index (χ0v) is 11.6. The highest BCUT2D eigenvalue weighted by Gasteiger charge is 2.19. The maximum Gasteiger partial charge on any atom is 0.350 e. The molecular formula is C13H13NO4S. The normalized spacial score (nSPS) is 10.7. The lowest BCUT2D eigenvalue weighted by Gasteiger charge is -2.04. The van der Waals surface area contributed by atoms with Gasteiger partial charge in [-0.2, -0.15) is 0 Å². The third-order valence-electron chi connectivity index (χ3n) is 2.69. The van der Waals surface area contributed by atoms with Crippen molar-refractivity contribution in [1.29, 1.82) is 0 Å². The number of primary amides is 1. The van der Waals surface area contributed by atoms with Gasteiger partial charge in [0.15, 0.2) is 0 Å². The number of hydrogen-bond acceptors (Lipinski definition) is 5. The summed E-state index contributed by atoms with van der Waals surface area (Å²) in [6, 6.07) is 3.41. The summed E-state index contributed by atoms with van der Waals surface area (Å²) in [7, 11) is 0. The first-order chi connectivity index (χ1) is 8.93. The average molecular weight is 279 g/mol. The van der Waals surface area contributed by atoms with Gasteiger partial charge >= 0.3 is 5.63 Å². The Morgan fingerprint density at radius 2 is 1.95 bits per heavy atom. The van der Waals surface area contributed by atoms with E-state index in [1.165, 1.54) is 11.8 Å². The number of furan rings is 1. The summed E-state index contributed by atoms with van der Waals surface area (Å²) in [5.74, 6) is 0.956. The van der Waals surface area contributed by atoms with Gasteiger partial charge in [-0.3, -0.25) is 4.79 Å². The van der Waals surface area contributed by atoms with Crippen LogP contribution in [0, 0.1) is 13.8 Å². The molecule has 0 spiro atoms. The van der Waals surface area contributed by atoms with Crippen LogP contribution in [-0.4, -0.2) is 12.2 Å². The van der Waals surface area contributed by atoms with Gasteiger partial charge < -0.3 is 14.6 Å². The molecule has 0 aliphatic carbocycles. The predicted octanol–water partition coefficient (Wildman–Crippen LogP) is 2.34. The lowest BCUT2D eigenvalue weighted by Crippen LogP contribution is -2.22. The highest BCUT2D eigenvalue weighted by atomic mass is 32.2. The number of rotatable bonds is 3. The van der Waals surface area contributed by atoms with Gasteiger partial charge in [-0.25, -0.2) is 4.79 Å². The average Bonchev–Trinajstić information content (AvgIpc) is 2.66. The standard InChI is InChI=1S/C13H13NO4S/c1-6-4-8(7(2)17-6)9-5-10(19-3)11(12(14)15)13(16)18-9/h4-5H,1-3H3,(H2,14,15). The lowest BCUT2D eigenvalue weighted by molar-refractivity contribution is 0.0993. The number of carbonyl (C=O) groups excluding carboxylic acids is 1. The van der Waals surface area contributed by atoms with Crippen molar-refractivity contribution in [3.05, 3.63) is 39.6 Å². The summed E-state index contributed by atoms with van der Waals surface area (Å²) in [5, 5.41) is 0. The first-order valence-corrected chi connectivity index (χ1v) is 6.76. The van der Waals surface area contributed by atoms with Crippen LogP contribution in [0.5, 0.6) is 0 Å². The van der Waals surface area contributed by atoms with Crippen molar-refractivity contribution in [2.24, 2.45) is 5.73 Å². The van der Waals surface area contributed by atoms with E-state index in [0.717, 1.165) is 5.76 Å². The third kappa shape index (κ3) is 2.44. The summed E-state index contributed by atoms with van der Waals surface area (Å²) in [6.07, 6.45) is 1.76. The Bertz CT molecular complexity index is 699. The summed E-state index contributed by atoms with van der Waals surface area (Å²) < 4.78 is 10.6. The molecule has 0 fully saturated rings. The quantitative estimate of drug-likeness (QED) is 0.871. The lowest BCUT2D eigenvalue weighted by atomic mass is 10.1. The summed E-state index contributed by atoms with van der Waals surface area (Å²) in [5.41, 5.74) is 5.03. The predicted molar refractivity (Wildman–Crippen MR) is 72.5 cm³/mol. The molecule has 5 nitrogen and oxygen atoms in total. The molecule has 0 saturated heterocycles. The highest BCUT2D eigenvalue weighted by Crippen LogP contribution is 2.29. The number of nitrogens with two attached hydrogens (primary N) is 1. The smallest absolute Gasteiger partial charge is 0.350 e. The molecule has 2 heterocycles. The molecule has 0 unspecified atom stereocenters. The monoisotopic (exact) mass is 279 g/mol. The van der Waals surface area contributed by atoms with Crippen LogP contribution in [0.3, 0.4) is 0 Å². The van der Waals surface area contributed by atoms with Gasteiger partial charge in [-0.05, 0) is 32.2 Å². The highest BCUT2D eigenvalue weighted by molar-refractivity contribution is 7.98. The summed E-state index contributed by atoms with van der Waals surface area (Å²) in [4.78, 5) is 23.6. The second-order valence-electron chi connectivity index (χ2n) is 4.03. The Morgan fingerprint density at radius 1 is 1.26 bits per heavy atom. The second-order valence-corrected chi connectivity index (χ2v) is 4.88. The van der Waals surface area contributed by atoms with E-state index >= 15 is 0 Å². The second kappa shape index (κ2) is 4.97. The molecule has 19 heavy (non-hydrogen) atoms. The molecule has 0 radical (unpaired) electrons. The van der Waals surface area contributed by atoms with Crippen molar-refractivity contribution in [3.63, 3.8) is 0 Å². The van der Waals surface area contributed by atoms with Crippen molar-refractivity contribution >= 4 is 17.7 Å². The molecule has 2 aromatic rings. The molecule has 0 saturated carbocycles. The Morgan fingerprint density at radius 3 is 2.42 bits per heavy atom. The van der Waals surface area contributed by atoms with Crippen molar-refractivity contribution in [1.82, 2.24) is 0 Å². The van der Waals surface area contributed by atoms with Crippen molar-refractivity contribution in [3.8, 4) is 11.3 Å². The van der Waals surface area contributed by atoms with E-state index in [1.807, 2.05) is 6.92 Å². The molecule has 0 aromatic carbocycles. The van der Waals surface area contributed by atoms with Crippen LogP contribution in [0.4, 0.5) is 0 Å². The van der Waals surface area contributed by atoms with E-state index < -0.39 is 11.5 Å². The molecule has 2 rings (SSSR count). The maximum atomic E-state index is 11.8. The Hall–Kier alpha value is -1.95. The first kappa shape index (κ1) is 13.5. The SMILES string of the molecule is CSc1cc(-c2cc(C)oc2C)oc(=O)c1C(N)=O. The van der Waals surface area contributed by atoms with Crippen LogP contribution in [-0.2, 0) is 0 Å². The third-order valence-corrected chi connectivity index (χ3v) is 3.45. The van der Waals surface area contributed by atoms with Crippen LogP contribution >= 0.6 is 11.8 Å². The minimum Gasteiger partial charge on any atom is -0.466 e. The molecule has 100 valence electrons. The molecule has 0 bridgehead atoms. The van der Waals surface area contributed by atoms with Gasteiger partial charge in [-0.1, -0.05) is 0 Å². The Labute approximate surface area is 113 Å². The van der Waals surface area contributed by atoms with Crippen LogP contribution < -0.4 is 11.4 Å². The minimum absolute atomic E-state index is 0.117. The number of carbonyl (C=O) groups is 1. The molecule has 0 atom stereocenters. The first-order valence-electron chi connectivity index (χ1n) is 5.53. The van der Waals surface area contributed by atoms with Crippen LogP contribution in [0.2, 0.25) is 0 Å². The van der Waals surface area contributed by atoms with Crippen molar-refractivity contribution < 1.29 is 13.6 Å². The minimum atomic E-state index is -0.787. The van der Waals surface area contributed by atoms with Crippen LogP contribution in [0.25, 0.3) is 11.3 Å². The molecule has 1 amide bonds. The molecule has 0 aliphatic heterocycles. The number of thioether (sulfide) groups is 1. The zero-order valence-electron chi connectivity index (χ0n) is 10.8.